The molecule has 0 spiro atoms. The van der Waals surface area contributed by atoms with Crippen LogP contribution in [0.5, 0.6) is 5.75 Å². The van der Waals surface area contributed by atoms with Gasteiger partial charge in [-0.1, -0.05) is 54.9 Å². The molecule has 0 atom stereocenters. The lowest BCUT2D eigenvalue weighted by Gasteiger charge is -2.30. The van der Waals surface area contributed by atoms with Crippen LogP contribution in [0.25, 0.3) is 11.1 Å². The molecule has 8 heteroatoms. The summed E-state index contributed by atoms with van der Waals surface area (Å²) in [4.78, 5) is 15.2. The topological polar surface area (TPSA) is 75.7 Å². The Morgan fingerprint density at radius 2 is 1.72 bits per heavy atom. The average molecular weight is 527 g/mol. The largest absolute Gasteiger partial charge is 0.490 e. The highest BCUT2D eigenvalue weighted by molar-refractivity contribution is 7.91. The number of halogens is 1. The lowest BCUT2D eigenvalue weighted by atomic mass is 10.0. The number of likely N-dealkylation sites (tertiary alicyclic amines) is 1. The lowest BCUT2D eigenvalue weighted by Crippen LogP contribution is -2.35. The van der Waals surface area contributed by atoms with E-state index in [1.54, 1.807) is 25.1 Å². The molecule has 6 nitrogen and oxygen atoms in total. The van der Waals surface area contributed by atoms with Crippen LogP contribution in [0.15, 0.2) is 71.6 Å². The van der Waals surface area contributed by atoms with Gasteiger partial charge in [0.25, 0.3) is 0 Å². The highest BCUT2D eigenvalue weighted by Crippen LogP contribution is 2.37. The van der Waals surface area contributed by atoms with Crippen LogP contribution in [0.3, 0.4) is 0 Å². The van der Waals surface area contributed by atoms with Crippen LogP contribution < -0.4 is 10.1 Å². The van der Waals surface area contributed by atoms with Gasteiger partial charge in [-0.3, -0.25) is 4.79 Å². The van der Waals surface area contributed by atoms with Gasteiger partial charge >= 0.3 is 0 Å². The van der Waals surface area contributed by atoms with Gasteiger partial charge in [0.2, 0.25) is 5.91 Å². The molecule has 1 aliphatic heterocycles. The van der Waals surface area contributed by atoms with Gasteiger partial charge in [0.1, 0.15) is 11.9 Å². The Morgan fingerprint density at radius 3 is 2.39 bits per heavy atom. The number of hydrogen-bond acceptors (Lipinski definition) is 5. The number of carbonyl (C=O) groups excluding carboxylic acids is 1. The molecule has 1 fully saturated rings. The Balaban J connectivity index is 1.43. The Morgan fingerprint density at radius 1 is 1.03 bits per heavy atom. The van der Waals surface area contributed by atoms with Crippen molar-refractivity contribution in [3.05, 3.63) is 77.3 Å². The molecule has 0 bridgehead atoms. The van der Waals surface area contributed by atoms with Crippen LogP contribution in [-0.4, -0.2) is 51.2 Å². The first kappa shape index (κ1) is 26.2. The number of anilines is 1. The number of amides is 1. The normalized spacial score (nSPS) is 15.0. The van der Waals surface area contributed by atoms with E-state index in [4.69, 9.17) is 16.3 Å². The third-order valence-corrected chi connectivity index (χ3v) is 8.48. The molecular formula is C28H31ClN2O4S. The number of nitrogens with zero attached hydrogens (tertiary/aromatic N) is 1. The van der Waals surface area contributed by atoms with Crippen molar-refractivity contribution in [2.45, 2.75) is 37.2 Å². The van der Waals surface area contributed by atoms with E-state index in [0.717, 1.165) is 48.4 Å². The fourth-order valence-electron chi connectivity index (χ4n) is 4.26. The third kappa shape index (κ3) is 6.46. The molecule has 1 heterocycles. The second kappa shape index (κ2) is 11.5. The van der Waals surface area contributed by atoms with Crippen LogP contribution in [0.1, 0.15) is 25.3 Å². The Labute approximate surface area is 218 Å². The van der Waals surface area contributed by atoms with E-state index >= 15 is 0 Å². The second-order valence-corrected chi connectivity index (χ2v) is 11.8. The van der Waals surface area contributed by atoms with Crippen molar-refractivity contribution in [1.29, 1.82) is 0 Å². The molecule has 4 rings (SSSR count). The number of hydrogen-bond donors (Lipinski definition) is 1. The summed E-state index contributed by atoms with van der Waals surface area (Å²) in [7, 11) is -1.14. The van der Waals surface area contributed by atoms with Gasteiger partial charge in [-0.2, -0.15) is 0 Å². The Kier molecular flexibility index (Phi) is 8.34. The summed E-state index contributed by atoms with van der Waals surface area (Å²) in [6.45, 7) is 3.64. The van der Waals surface area contributed by atoms with E-state index in [0.29, 0.717) is 10.7 Å². The molecule has 0 radical (unpaired) electrons. The Hall–Kier alpha value is -2.87. The molecule has 1 N–H and O–H groups in total. The van der Waals surface area contributed by atoms with E-state index in [9.17, 15) is 13.2 Å². The number of piperidine rings is 1. The first-order valence-corrected chi connectivity index (χ1v) is 14.1. The second-order valence-electron chi connectivity index (χ2n) is 9.08. The van der Waals surface area contributed by atoms with E-state index in [1.807, 2.05) is 36.4 Å². The minimum atomic E-state index is -3.26. The van der Waals surface area contributed by atoms with E-state index in [2.05, 4.69) is 17.3 Å². The molecule has 0 aromatic heterocycles. The summed E-state index contributed by atoms with van der Waals surface area (Å²) in [5.74, 6) is 0.633. The van der Waals surface area contributed by atoms with Gasteiger partial charge in [-0.25, -0.2) is 8.42 Å². The van der Waals surface area contributed by atoms with Gasteiger partial charge in [0.05, 0.1) is 22.1 Å². The molecule has 1 aliphatic rings. The molecule has 0 saturated carbocycles. The quantitative estimate of drug-likeness (QED) is 0.422. The number of benzene rings is 3. The Bertz CT molecular complexity index is 1320. The standard InChI is InChI=1S/C28H31ClN2O4S/c1-3-36(33,34)23-11-8-20(9-12-23)18-28(32)30-21-10-13-24(26(29)19-21)25-6-4-5-7-27(25)35-22-14-16-31(2)17-15-22/h4-13,19,22H,3,14-18H2,1-2H3,(H,30,32). The van der Waals surface area contributed by atoms with Gasteiger partial charge < -0.3 is 15.0 Å². The van der Waals surface area contributed by atoms with Crippen molar-refractivity contribution in [3.8, 4) is 16.9 Å². The number of carbonyl (C=O) groups is 1. The van der Waals surface area contributed by atoms with Crippen molar-refractivity contribution in [3.63, 3.8) is 0 Å². The predicted octanol–water partition coefficient (Wildman–Crippen LogP) is 5.45. The zero-order chi connectivity index (χ0) is 25.7. The molecule has 1 saturated heterocycles. The van der Waals surface area contributed by atoms with Gasteiger partial charge in [0, 0.05) is 29.9 Å². The highest BCUT2D eigenvalue weighted by atomic mass is 35.5. The summed E-state index contributed by atoms with van der Waals surface area (Å²) in [5.41, 5.74) is 3.07. The highest BCUT2D eigenvalue weighted by Gasteiger charge is 2.20. The fourth-order valence-corrected chi connectivity index (χ4v) is 5.42. The van der Waals surface area contributed by atoms with Crippen LogP contribution in [0.4, 0.5) is 5.69 Å². The first-order valence-electron chi connectivity index (χ1n) is 12.1. The maximum atomic E-state index is 12.6. The maximum Gasteiger partial charge on any atom is 0.228 e. The molecule has 1 amide bonds. The summed E-state index contributed by atoms with van der Waals surface area (Å²) < 4.78 is 30.3. The van der Waals surface area contributed by atoms with Crippen molar-refractivity contribution < 1.29 is 17.9 Å². The molecule has 190 valence electrons. The number of ether oxygens (including phenoxy) is 1. The minimum Gasteiger partial charge on any atom is -0.490 e. The first-order chi connectivity index (χ1) is 17.2. The van der Waals surface area contributed by atoms with Crippen LogP contribution in [-0.2, 0) is 21.1 Å². The van der Waals surface area contributed by atoms with Crippen molar-refractivity contribution in [1.82, 2.24) is 4.90 Å². The smallest absolute Gasteiger partial charge is 0.228 e. The zero-order valence-electron chi connectivity index (χ0n) is 20.5. The lowest BCUT2D eigenvalue weighted by molar-refractivity contribution is -0.115. The average Bonchev–Trinajstić information content (AvgIpc) is 2.86. The predicted molar refractivity (Wildman–Crippen MR) is 145 cm³/mol. The molecule has 3 aromatic carbocycles. The van der Waals surface area contributed by atoms with Gasteiger partial charge in [-0.05, 0) is 55.8 Å². The number of nitrogens with one attached hydrogen (secondary N) is 1. The summed E-state index contributed by atoms with van der Waals surface area (Å²) in [6, 6.07) is 19.7. The van der Waals surface area contributed by atoms with E-state index in [1.165, 1.54) is 12.1 Å². The van der Waals surface area contributed by atoms with E-state index in [-0.39, 0.29) is 29.1 Å². The van der Waals surface area contributed by atoms with Crippen LogP contribution in [0.2, 0.25) is 5.02 Å². The van der Waals surface area contributed by atoms with Crippen LogP contribution in [0, 0.1) is 0 Å². The third-order valence-electron chi connectivity index (χ3n) is 6.42. The maximum absolute atomic E-state index is 12.6. The summed E-state index contributed by atoms with van der Waals surface area (Å²) in [5, 5.41) is 3.39. The monoisotopic (exact) mass is 526 g/mol. The SMILES string of the molecule is CCS(=O)(=O)c1ccc(CC(=O)Nc2ccc(-c3ccccc3OC3CCN(C)CC3)c(Cl)c2)cc1. The number of sulfone groups is 1. The molecule has 0 unspecified atom stereocenters. The van der Waals surface area contributed by atoms with Crippen molar-refractivity contribution >= 4 is 33.0 Å². The minimum absolute atomic E-state index is 0.0400. The molecule has 3 aromatic rings. The van der Waals surface area contributed by atoms with Crippen LogP contribution >= 0.6 is 11.6 Å². The number of para-hydroxylation sites is 1. The molecule has 36 heavy (non-hydrogen) atoms. The summed E-state index contributed by atoms with van der Waals surface area (Å²) >= 11 is 6.64. The van der Waals surface area contributed by atoms with Gasteiger partial charge in [0.15, 0.2) is 9.84 Å². The zero-order valence-corrected chi connectivity index (χ0v) is 22.1. The van der Waals surface area contributed by atoms with E-state index < -0.39 is 9.84 Å². The van der Waals surface area contributed by atoms with Crippen molar-refractivity contribution in [2.24, 2.45) is 0 Å². The fraction of sp³-hybridized carbons (Fsp3) is 0.321. The van der Waals surface area contributed by atoms with Crippen molar-refractivity contribution in [2.75, 3.05) is 31.2 Å². The number of rotatable bonds is 8. The molecular weight excluding hydrogens is 496 g/mol. The van der Waals surface area contributed by atoms with Gasteiger partial charge in [-0.15, -0.1) is 0 Å². The molecule has 0 aliphatic carbocycles. The summed E-state index contributed by atoms with van der Waals surface area (Å²) in [6.07, 6.45) is 2.27.